The van der Waals surface area contributed by atoms with E-state index in [0.29, 0.717) is 27.9 Å². The maximum atomic E-state index is 12.9. The summed E-state index contributed by atoms with van der Waals surface area (Å²) in [5, 5.41) is 3.17. The number of hydrogen-bond donors (Lipinski definition) is 2. The fourth-order valence-electron chi connectivity index (χ4n) is 3.50. The molecule has 1 amide bonds. The lowest BCUT2D eigenvalue weighted by Crippen LogP contribution is -2.32. The lowest BCUT2D eigenvalue weighted by Gasteiger charge is -2.10. The highest BCUT2D eigenvalue weighted by molar-refractivity contribution is 6.05. The van der Waals surface area contributed by atoms with Crippen LogP contribution in [0.1, 0.15) is 11.1 Å². The number of aromatic nitrogens is 3. The number of carbonyl (C=O) groups is 1. The summed E-state index contributed by atoms with van der Waals surface area (Å²) in [5.74, 6) is 0.409. The van der Waals surface area contributed by atoms with Crippen molar-refractivity contribution in [2.75, 3.05) is 14.2 Å². The molecule has 4 aromatic rings. The van der Waals surface area contributed by atoms with Gasteiger partial charge in [-0.3, -0.25) is 14.2 Å². The highest BCUT2D eigenvalue weighted by Gasteiger charge is 2.30. The molecule has 0 saturated heterocycles. The predicted molar refractivity (Wildman–Crippen MR) is 114 cm³/mol. The van der Waals surface area contributed by atoms with Gasteiger partial charge >= 0.3 is 6.18 Å². The summed E-state index contributed by atoms with van der Waals surface area (Å²) in [6.45, 7) is -0.456. The zero-order chi connectivity index (χ0) is 23.8. The molecule has 0 aliphatic rings. The second-order valence-electron chi connectivity index (χ2n) is 7.25. The predicted octanol–water partition coefficient (Wildman–Crippen LogP) is 3.23. The van der Waals surface area contributed by atoms with E-state index in [9.17, 15) is 22.8 Å². The van der Waals surface area contributed by atoms with E-state index >= 15 is 0 Å². The Hall–Kier alpha value is -4.02. The van der Waals surface area contributed by atoms with E-state index in [1.165, 1.54) is 32.7 Å². The third-order valence-electron chi connectivity index (χ3n) is 5.13. The molecular formula is C22H19F3N4O4. The number of aromatic amines is 1. The Labute approximate surface area is 184 Å². The van der Waals surface area contributed by atoms with E-state index in [-0.39, 0.29) is 24.2 Å². The Morgan fingerprint density at radius 3 is 2.58 bits per heavy atom. The number of amides is 1. The smallest absolute Gasteiger partial charge is 0.416 e. The molecule has 0 aliphatic carbocycles. The highest BCUT2D eigenvalue weighted by Crippen LogP contribution is 2.34. The molecule has 4 rings (SSSR count). The highest BCUT2D eigenvalue weighted by atomic mass is 19.4. The monoisotopic (exact) mass is 460 g/mol. The third kappa shape index (κ3) is 4.34. The van der Waals surface area contributed by atoms with Gasteiger partial charge in [0.25, 0.3) is 5.56 Å². The van der Waals surface area contributed by atoms with Crippen molar-refractivity contribution in [1.82, 2.24) is 19.9 Å². The van der Waals surface area contributed by atoms with Gasteiger partial charge in [-0.25, -0.2) is 4.98 Å². The van der Waals surface area contributed by atoms with Gasteiger partial charge in [-0.05, 0) is 23.8 Å². The van der Waals surface area contributed by atoms with Gasteiger partial charge in [-0.1, -0.05) is 12.1 Å². The summed E-state index contributed by atoms with van der Waals surface area (Å²) in [4.78, 5) is 32.5. The topological polar surface area (TPSA) is 98.2 Å². The number of alkyl halides is 3. The fraction of sp³-hybridized carbons (Fsp3) is 0.227. The molecule has 0 atom stereocenters. The first-order chi connectivity index (χ1) is 15.7. The van der Waals surface area contributed by atoms with Crippen LogP contribution in [0.25, 0.3) is 21.9 Å². The molecule has 0 fully saturated rings. The van der Waals surface area contributed by atoms with Gasteiger partial charge in [0, 0.05) is 18.0 Å². The van der Waals surface area contributed by atoms with E-state index in [1.54, 1.807) is 12.1 Å². The van der Waals surface area contributed by atoms with Crippen LogP contribution < -0.4 is 20.3 Å². The van der Waals surface area contributed by atoms with Crippen LogP contribution in [0.15, 0.2) is 47.5 Å². The van der Waals surface area contributed by atoms with Crippen LogP contribution in [0.4, 0.5) is 13.2 Å². The summed E-state index contributed by atoms with van der Waals surface area (Å²) in [7, 11) is 2.99. The number of methoxy groups -OCH3 is 2. The number of halogens is 3. The minimum atomic E-state index is -4.47. The van der Waals surface area contributed by atoms with E-state index in [2.05, 4.69) is 15.3 Å². The van der Waals surface area contributed by atoms with Crippen LogP contribution in [-0.4, -0.2) is 34.7 Å². The van der Waals surface area contributed by atoms with Crippen LogP contribution in [-0.2, 0) is 24.1 Å². The second kappa shape index (κ2) is 8.49. The van der Waals surface area contributed by atoms with Gasteiger partial charge in [-0.15, -0.1) is 0 Å². The average molecular weight is 460 g/mol. The van der Waals surface area contributed by atoms with Gasteiger partial charge < -0.3 is 19.8 Å². The van der Waals surface area contributed by atoms with Crippen molar-refractivity contribution in [1.29, 1.82) is 0 Å². The van der Waals surface area contributed by atoms with E-state index in [4.69, 9.17) is 9.47 Å². The largest absolute Gasteiger partial charge is 0.493 e. The zero-order valence-corrected chi connectivity index (χ0v) is 17.6. The van der Waals surface area contributed by atoms with E-state index in [1.807, 2.05) is 0 Å². The normalized spacial score (nSPS) is 11.7. The summed E-state index contributed by atoms with van der Waals surface area (Å²) in [6.07, 6.45) is -3.22. The first-order valence-electron chi connectivity index (χ1n) is 9.77. The lowest BCUT2D eigenvalue weighted by molar-refractivity contribution is -0.137. The Balaban J connectivity index is 1.55. The number of hydrogen-bond acceptors (Lipinski definition) is 5. The van der Waals surface area contributed by atoms with Crippen molar-refractivity contribution in [3.05, 3.63) is 64.2 Å². The third-order valence-corrected chi connectivity index (χ3v) is 5.13. The number of ether oxygens (including phenoxy) is 2. The SMILES string of the molecule is COc1cc2[nH]c3c(=O)n(CC(=O)NCc4cccc(C(F)(F)F)c4)cnc3c2cc1OC. The number of carbonyl (C=O) groups excluding carboxylic acids is 1. The quantitative estimate of drug-likeness (QED) is 0.461. The van der Waals surface area contributed by atoms with Crippen LogP contribution in [0.5, 0.6) is 11.5 Å². The fourth-order valence-corrected chi connectivity index (χ4v) is 3.50. The van der Waals surface area contributed by atoms with Crippen molar-refractivity contribution >= 4 is 27.8 Å². The second-order valence-corrected chi connectivity index (χ2v) is 7.25. The van der Waals surface area contributed by atoms with E-state index in [0.717, 1.165) is 16.7 Å². The van der Waals surface area contributed by atoms with Gasteiger partial charge in [0.05, 0.1) is 31.6 Å². The lowest BCUT2D eigenvalue weighted by atomic mass is 10.1. The van der Waals surface area contributed by atoms with Crippen molar-refractivity contribution in [2.45, 2.75) is 19.3 Å². The molecule has 0 spiro atoms. The van der Waals surface area contributed by atoms with Gasteiger partial charge in [0.2, 0.25) is 5.91 Å². The molecule has 8 nitrogen and oxygen atoms in total. The molecule has 0 bridgehead atoms. The molecule has 172 valence electrons. The Morgan fingerprint density at radius 1 is 1.15 bits per heavy atom. The molecule has 0 saturated carbocycles. The van der Waals surface area contributed by atoms with Crippen molar-refractivity contribution < 1.29 is 27.4 Å². The first kappa shape index (κ1) is 22.2. The Kier molecular flexibility index (Phi) is 5.71. The number of fused-ring (bicyclic) bond motifs is 3. The molecule has 0 radical (unpaired) electrons. The molecule has 0 aliphatic heterocycles. The van der Waals surface area contributed by atoms with E-state index < -0.39 is 23.2 Å². The van der Waals surface area contributed by atoms with Gasteiger partial charge in [-0.2, -0.15) is 13.2 Å². The molecule has 11 heteroatoms. The molecule has 2 aromatic heterocycles. The summed E-state index contributed by atoms with van der Waals surface area (Å²) in [5.41, 5.74) is 0.247. The Morgan fingerprint density at radius 2 is 1.88 bits per heavy atom. The maximum Gasteiger partial charge on any atom is 0.416 e. The molecular weight excluding hydrogens is 441 g/mol. The minimum Gasteiger partial charge on any atom is -0.493 e. The van der Waals surface area contributed by atoms with Crippen molar-refractivity contribution in [3.63, 3.8) is 0 Å². The average Bonchev–Trinajstić information content (AvgIpc) is 3.16. The number of rotatable bonds is 6. The maximum absolute atomic E-state index is 12.9. The zero-order valence-electron chi connectivity index (χ0n) is 17.6. The summed E-state index contributed by atoms with van der Waals surface area (Å²) in [6, 6.07) is 8.05. The molecule has 2 N–H and O–H groups in total. The number of nitrogens with one attached hydrogen (secondary N) is 2. The minimum absolute atomic E-state index is 0.112. The standard InChI is InChI=1S/C22H19F3N4O4/c1-32-16-7-14-15(8-17(16)33-2)28-20-19(14)27-11-29(21(20)31)10-18(30)26-9-12-4-3-5-13(6-12)22(23,24)25/h3-8,11,28H,9-10H2,1-2H3,(H,26,30). The van der Waals surface area contributed by atoms with Crippen molar-refractivity contribution in [3.8, 4) is 11.5 Å². The first-order valence-corrected chi connectivity index (χ1v) is 9.77. The number of nitrogens with zero attached hydrogens (tertiary/aromatic N) is 2. The molecule has 33 heavy (non-hydrogen) atoms. The number of benzene rings is 2. The summed E-state index contributed by atoms with van der Waals surface area (Å²) < 4.78 is 50.2. The number of H-pyrrole nitrogens is 1. The van der Waals surface area contributed by atoms with Crippen LogP contribution >= 0.6 is 0 Å². The Bertz CT molecular complexity index is 1410. The molecule has 2 heterocycles. The van der Waals surface area contributed by atoms with Crippen molar-refractivity contribution in [2.24, 2.45) is 0 Å². The van der Waals surface area contributed by atoms with Crippen LogP contribution in [0, 0.1) is 0 Å². The molecule has 2 aromatic carbocycles. The van der Waals surface area contributed by atoms with Crippen LogP contribution in [0.2, 0.25) is 0 Å². The summed E-state index contributed by atoms with van der Waals surface area (Å²) >= 11 is 0. The molecule has 0 unspecified atom stereocenters. The van der Waals surface area contributed by atoms with Crippen LogP contribution in [0.3, 0.4) is 0 Å². The van der Waals surface area contributed by atoms with Gasteiger partial charge in [0.1, 0.15) is 17.6 Å². The van der Waals surface area contributed by atoms with Gasteiger partial charge in [0.15, 0.2) is 11.5 Å².